The lowest BCUT2D eigenvalue weighted by atomic mass is 10.1. The smallest absolute Gasteiger partial charge is 0.257 e. The summed E-state index contributed by atoms with van der Waals surface area (Å²) in [5.74, 6) is 0.478. The number of benzene rings is 1. The van der Waals surface area contributed by atoms with Gasteiger partial charge in [-0.05, 0) is 31.5 Å². The van der Waals surface area contributed by atoms with E-state index in [4.69, 9.17) is 23.2 Å². The van der Waals surface area contributed by atoms with Crippen molar-refractivity contribution in [1.82, 2.24) is 9.55 Å². The van der Waals surface area contributed by atoms with E-state index in [0.717, 1.165) is 5.69 Å². The number of fused-ring (bicyclic) bond motifs is 1. The number of carbonyl (C=O) groups excluding carboxylic acids is 1. The molecule has 2 heterocycles. The summed E-state index contributed by atoms with van der Waals surface area (Å²) >= 11 is 13.3. The molecule has 1 N–H and O–H groups in total. The second kappa shape index (κ2) is 7.40. The van der Waals surface area contributed by atoms with Crippen molar-refractivity contribution < 1.29 is 4.79 Å². The molecule has 1 aliphatic rings. The highest BCUT2D eigenvalue weighted by Crippen LogP contribution is 2.33. The van der Waals surface area contributed by atoms with Crippen LogP contribution >= 0.6 is 35.0 Å². The fourth-order valence-electron chi connectivity index (χ4n) is 2.88. The fraction of sp³-hybridized carbons (Fsp3) is 0.353. The Morgan fingerprint density at radius 2 is 2.16 bits per heavy atom. The lowest BCUT2D eigenvalue weighted by molar-refractivity contribution is -0.116. The zero-order valence-electron chi connectivity index (χ0n) is 13.8. The summed E-state index contributed by atoms with van der Waals surface area (Å²) in [4.78, 5) is 29.6. The third-order valence-electron chi connectivity index (χ3n) is 4.13. The molecule has 0 bridgehead atoms. The molecule has 1 amide bonds. The molecule has 1 aromatic heterocycles. The summed E-state index contributed by atoms with van der Waals surface area (Å²) in [5.41, 5.74) is 2.02. The van der Waals surface area contributed by atoms with Crippen LogP contribution in [-0.2, 0) is 11.2 Å². The van der Waals surface area contributed by atoms with Gasteiger partial charge in [-0.2, -0.15) is 0 Å². The molecule has 1 atom stereocenters. The maximum Gasteiger partial charge on any atom is 0.257 e. The average Bonchev–Trinajstić information content (AvgIpc) is 2.94. The van der Waals surface area contributed by atoms with Gasteiger partial charge in [-0.15, -0.1) is 0 Å². The van der Waals surface area contributed by atoms with Crippen LogP contribution in [0.5, 0.6) is 0 Å². The maximum absolute atomic E-state index is 12.7. The van der Waals surface area contributed by atoms with Crippen LogP contribution in [0, 0.1) is 6.92 Å². The Bertz CT molecular complexity index is 898. The van der Waals surface area contributed by atoms with Gasteiger partial charge < -0.3 is 5.32 Å². The molecule has 1 unspecified atom stereocenters. The van der Waals surface area contributed by atoms with Gasteiger partial charge in [0.25, 0.3) is 5.56 Å². The monoisotopic (exact) mass is 397 g/mol. The van der Waals surface area contributed by atoms with Gasteiger partial charge in [0, 0.05) is 29.1 Å². The van der Waals surface area contributed by atoms with E-state index in [9.17, 15) is 9.59 Å². The van der Waals surface area contributed by atoms with Crippen molar-refractivity contribution in [1.29, 1.82) is 0 Å². The van der Waals surface area contributed by atoms with E-state index in [2.05, 4.69) is 10.3 Å². The predicted octanol–water partition coefficient (Wildman–Crippen LogP) is 4.10. The van der Waals surface area contributed by atoms with Crippen LogP contribution in [0.3, 0.4) is 0 Å². The second-order valence-corrected chi connectivity index (χ2v) is 7.63. The van der Waals surface area contributed by atoms with E-state index in [0.29, 0.717) is 38.6 Å². The molecule has 3 rings (SSSR count). The minimum atomic E-state index is -0.200. The molecule has 132 valence electrons. The van der Waals surface area contributed by atoms with Crippen molar-refractivity contribution in [3.63, 3.8) is 0 Å². The van der Waals surface area contributed by atoms with Crippen molar-refractivity contribution in [3.8, 4) is 0 Å². The minimum absolute atomic E-state index is 0.0395. The van der Waals surface area contributed by atoms with Gasteiger partial charge in [-0.3, -0.25) is 14.2 Å². The zero-order valence-corrected chi connectivity index (χ0v) is 16.1. The maximum atomic E-state index is 12.7. The molecule has 0 radical (unpaired) electrons. The van der Waals surface area contributed by atoms with Gasteiger partial charge in [0.1, 0.15) is 0 Å². The van der Waals surface area contributed by atoms with Gasteiger partial charge in [0.05, 0.1) is 16.1 Å². The number of nitrogens with zero attached hydrogens (tertiary/aromatic N) is 2. The molecule has 0 saturated carbocycles. The molecule has 1 aromatic carbocycles. The Morgan fingerprint density at radius 1 is 1.40 bits per heavy atom. The first-order valence-electron chi connectivity index (χ1n) is 7.90. The van der Waals surface area contributed by atoms with Crippen LogP contribution in [0.4, 0.5) is 5.69 Å². The lowest BCUT2D eigenvalue weighted by Crippen LogP contribution is -2.30. The molecule has 25 heavy (non-hydrogen) atoms. The van der Waals surface area contributed by atoms with Gasteiger partial charge in [-0.25, -0.2) is 4.98 Å². The van der Waals surface area contributed by atoms with Crippen LogP contribution < -0.4 is 10.9 Å². The number of thioether (sulfide) groups is 1. The summed E-state index contributed by atoms with van der Waals surface area (Å²) < 4.78 is 1.66. The number of nitrogens with one attached hydrogen (secondary N) is 1. The molecule has 0 spiro atoms. The fourth-order valence-corrected chi connectivity index (χ4v) is 4.36. The summed E-state index contributed by atoms with van der Waals surface area (Å²) in [7, 11) is 0. The molecule has 1 aliphatic heterocycles. The molecule has 8 heteroatoms. The number of hydrogen-bond acceptors (Lipinski definition) is 4. The average molecular weight is 398 g/mol. The molecule has 0 fully saturated rings. The minimum Gasteiger partial charge on any atom is -0.326 e. The number of aromatic nitrogens is 2. The standard InChI is InChI=1S/C17H17Cl2N3O2S/c1-3-12-9(2)20-17-22(16(12)24)11(8-25-17)7-15(23)21-10-4-5-13(18)14(19)6-10/h4-6,11H,3,7-8H2,1-2H3,(H,21,23). The first kappa shape index (κ1) is 18.3. The highest BCUT2D eigenvalue weighted by molar-refractivity contribution is 7.99. The Kier molecular flexibility index (Phi) is 5.41. The Morgan fingerprint density at radius 3 is 2.84 bits per heavy atom. The molecule has 0 aliphatic carbocycles. The van der Waals surface area contributed by atoms with E-state index in [-0.39, 0.29) is 23.9 Å². The second-order valence-electron chi connectivity index (χ2n) is 5.83. The number of amides is 1. The number of anilines is 1. The van der Waals surface area contributed by atoms with E-state index in [1.54, 1.807) is 22.8 Å². The summed E-state index contributed by atoms with van der Waals surface area (Å²) in [6.45, 7) is 3.79. The first-order chi connectivity index (χ1) is 11.9. The quantitative estimate of drug-likeness (QED) is 0.788. The lowest BCUT2D eigenvalue weighted by Gasteiger charge is -2.15. The van der Waals surface area contributed by atoms with Crippen molar-refractivity contribution in [3.05, 3.63) is 49.9 Å². The third-order valence-corrected chi connectivity index (χ3v) is 5.97. The van der Waals surface area contributed by atoms with E-state index in [1.807, 2.05) is 13.8 Å². The van der Waals surface area contributed by atoms with Gasteiger partial charge >= 0.3 is 0 Å². The van der Waals surface area contributed by atoms with Crippen molar-refractivity contribution in [2.24, 2.45) is 0 Å². The molecular weight excluding hydrogens is 381 g/mol. The number of rotatable bonds is 4. The number of halogens is 2. The third kappa shape index (κ3) is 3.71. The van der Waals surface area contributed by atoms with E-state index >= 15 is 0 Å². The van der Waals surface area contributed by atoms with Gasteiger partial charge in [-0.1, -0.05) is 41.9 Å². The van der Waals surface area contributed by atoms with Crippen LogP contribution in [0.1, 0.15) is 30.6 Å². The van der Waals surface area contributed by atoms with Crippen molar-refractivity contribution >= 4 is 46.6 Å². The highest BCUT2D eigenvalue weighted by atomic mass is 35.5. The van der Waals surface area contributed by atoms with Crippen LogP contribution in [0.2, 0.25) is 10.0 Å². The highest BCUT2D eigenvalue weighted by Gasteiger charge is 2.29. The SMILES string of the molecule is CCc1c(C)nc2n(c1=O)C(CC(=O)Nc1ccc(Cl)c(Cl)c1)CS2. The molecular formula is C17H17Cl2N3O2S. The zero-order chi connectivity index (χ0) is 18.1. The van der Waals surface area contributed by atoms with Crippen LogP contribution in [-0.4, -0.2) is 21.2 Å². The topological polar surface area (TPSA) is 64.0 Å². The predicted molar refractivity (Wildman–Crippen MR) is 102 cm³/mol. The first-order valence-corrected chi connectivity index (χ1v) is 9.64. The largest absolute Gasteiger partial charge is 0.326 e. The van der Waals surface area contributed by atoms with Gasteiger partial charge in [0.15, 0.2) is 5.16 Å². The van der Waals surface area contributed by atoms with Gasteiger partial charge in [0.2, 0.25) is 5.91 Å². The molecule has 0 saturated heterocycles. The number of hydrogen-bond donors (Lipinski definition) is 1. The van der Waals surface area contributed by atoms with E-state index < -0.39 is 0 Å². The summed E-state index contributed by atoms with van der Waals surface area (Å²) in [5, 5.41) is 4.30. The summed E-state index contributed by atoms with van der Waals surface area (Å²) in [6.07, 6.45) is 0.832. The van der Waals surface area contributed by atoms with Crippen LogP contribution in [0.25, 0.3) is 0 Å². The van der Waals surface area contributed by atoms with Crippen LogP contribution in [0.15, 0.2) is 28.2 Å². The normalized spacial score (nSPS) is 15.9. The Balaban J connectivity index is 1.78. The van der Waals surface area contributed by atoms with Crippen molar-refractivity contribution in [2.75, 3.05) is 11.1 Å². The number of aryl methyl sites for hydroxylation is 1. The molecule has 5 nitrogen and oxygen atoms in total. The number of carbonyl (C=O) groups is 1. The Hall–Kier alpha value is -1.50. The Labute approximate surface area is 159 Å². The summed E-state index contributed by atoms with van der Waals surface area (Å²) in [6, 6.07) is 4.72. The van der Waals surface area contributed by atoms with Crippen molar-refractivity contribution in [2.45, 2.75) is 37.9 Å². The van der Waals surface area contributed by atoms with E-state index in [1.165, 1.54) is 11.8 Å². The molecule has 2 aromatic rings.